The third-order valence-corrected chi connectivity index (χ3v) is 5.74. The summed E-state index contributed by atoms with van der Waals surface area (Å²) < 4.78 is 17.6. The van der Waals surface area contributed by atoms with E-state index in [4.69, 9.17) is 19.2 Å². The van der Waals surface area contributed by atoms with Crippen LogP contribution in [-0.2, 0) is 29.2 Å². The highest BCUT2D eigenvalue weighted by molar-refractivity contribution is 5.90. The van der Waals surface area contributed by atoms with Crippen molar-refractivity contribution in [3.05, 3.63) is 45.2 Å². The molecule has 2 aliphatic heterocycles. The molecule has 3 aromatic rings. The molecule has 2 N–H and O–H groups in total. The number of aromatic nitrogens is 2. The minimum atomic E-state index is -0.523. The maximum absolute atomic E-state index is 13.1. The summed E-state index contributed by atoms with van der Waals surface area (Å²) in [6.45, 7) is 14.2. The molecule has 1 aromatic carbocycles. The summed E-state index contributed by atoms with van der Waals surface area (Å²) in [5.41, 5.74) is 3.46. The van der Waals surface area contributed by atoms with Gasteiger partial charge in [-0.2, -0.15) is 0 Å². The second-order valence-corrected chi connectivity index (χ2v) is 8.24. The molecule has 36 heavy (non-hydrogen) atoms. The number of aromatic hydroxyl groups is 1. The van der Waals surface area contributed by atoms with E-state index < -0.39 is 11.5 Å². The van der Waals surface area contributed by atoms with Crippen LogP contribution in [0.4, 0.5) is 0 Å². The fraction of sp³-hybridized carbons (Fsp3) is 0.444. The van der Waals surface area contributed by atoms with Crippen LogP contribution in [0.2, 0.25) is 0 Å². The zero-order chi connectivity index (χ0) is 26.6. The smallest absolute Gasteiger partial charge is 0.302 e. The fourth-order valence-electron chi connectivity index (χ4n) is 4.15. The SMILES string of the molecule is CC.CC.CC(=O)OCc1c(O)cc2n(c1=O)Cc1c-2nc2cc3c(cc2c1CNC(C)C)OCO3. The molecular formula is C27H35N3O6. The Morgan fingerprint density at radius 1 is 1.14 bits per heavy atom. The van der Waals surface area contributed by atoms with Gasteiger partial charge in [0.1, 0.15) is 12.4 Å². The number of hydrogen-bond donors (Lipinski definition) is 2. The van der Waals surface area contributed by atoms with Crippen molar-refractivity contribution in [2.75, 3.05) is 6.79 Å². The molecule has 0 saturated carbocycles. The maximum Gasteiger partial charge on any atom is 0.302 e. The van der Waals surface area contributed by atoms with Gasteiger partial charge in [-0.25, -0.2) is 4.98 Å². The van der Waals surface area contributed by atoms with E-state index >= 15 is 0 Å². The number of hydrogen-bond acceptors (Lipinski definition) is 8. The number of fused-ring (bicyclic) bond motifs is 5. The molecule has 194 valence electrons. The van der Waals surface area contributed by atoms with E-state index in [1.807, 2.05) is 39.8 Å². The Morgan fingerprint density at radius 2 is 1.81 bits per heavy atom. The van der Waals surface area contributed by atoms with Crippen LogP contribution in [0, 0.1) is 0 Å². The van der Waals surface area contributed by atoms with Crippen molar-refractivity contribution in [2.45, 2.75) is 74.2 Å². The summed E-state index contributed by atoms with van der Waals surface area (Å²) in [7, 11) is 0. The summed E-state index contributed by atoms with van der Waals surface area (Å²) in [4.78, 5) is 29.1. The largest absolute Gasteiger partial charge is 0.507 e. The molecule has 5 rings (SSSR count). The number of esters is 1. The summed E-state index contributed by atoms with van der Waals surface area (Å²) in [6, 6.07) is 5.54. The number of benzene rings is 1. The Bertz CT molecular complexity index is 1330. The highest BCUT2D eigenvalue weighted by atomic mass is 16.7. The van der Waals surface area contributed by atoms with Gasteiger partial charge in [0.15, 0.2) is 11.5 Å². The van der Waals surface area contributed by atoms with Gasteiger partial charge in [0.2, 0.25) is 6.79 Å². The van der Waals surface area contributed by atoms with Crippen LogP contribution >= 0.6 is 0 Å². The monoisotopic (exact) mass is 497 g/mol. The van der Waals surface area contributed by atoms with Crippen molar-refractivity contribution in [1.82, 2.24) is 14.9 Å². The molecule has 9 heteroatoms. The molecular weight excluding hydrogens is 462 g/mol. The molecule has 9 nitrogen and oxygen atoms in total. The average molecular weight is 498 g/mol. The Kier molecular flexibility index (Phi) is 8.57. The van der Waals surface area contributed by atoms with Crippen molar-refractivity contribution in [3.8, 4) is 28.6 Å². The molecule has 2 aliphatic rings. The molecule has 0 fully saturated rings. The van der Waals surface area contributed by atoms with Crippen molar-refractivity contribution in [1.29, 1.82) is 0 Å². The van der Waals surface area contributed by atoms with Crippen molar-refractivity contribution >= 4 is 16.9 Å². The molecule has 0 aliphatic carbocycles. The summed E-state index contributed by atoms with van der Waals surface area (Å²) >= 11 is 0. The lowest BCUT2D eigenvalue weighted by molar-refractivity contribution is -0.142. The van der Waals surface area contributed by atoms with Crippen LogP contribution < -0.4 is 20.3 Å². The third kappa shape index (κ3) is 5.02. The minimum absolute atomic E-state index is 0.0453. The van der Waals surface area contributed by atoms with Crippen LogP contribution in [0.15, 0.2) is 23.0 Å². The van der Waals surface area contributed by atoms with Gasteiger partial charge >= 0.3 is 5.97 Å². The van der Waals surface area contributed by atoms with E-state index in [1.165, 1.54) is 13.0 Å². The quantitative estimate of drug-likeness (QED) is 0.389. The number of carbonyl (C=O) groups excluding carboxylic acids is 1. The third-order valence-electron chi connectivity index (χ3n) is 5.74. The van der Waals surface area contributed by atoms with Gasteiger partial charge in [-0.1, -0.05) is 41.5 Å². The molecule has 0 bridgehead atoms. The van der Waals surface area contributed by atoms with Gasteiger partial charge in [-0.15, -0.1) is 0 Å². The zero-order valence-corrected chi connectivity index (χ0v) is 22.0. The van der Waals surface area contributed by atoms with Crippen LogP contribution in [0.5, 0.6) is 17.2 Å². The first-order chi connectivity index (χ1) is 17.3. The molecule has 0 spiro atoms. The predicted molar refractivity (Wildman–Crippen MR) is 138 cm³/mol. The van der Waals surface area contributed by atoms with Crippen LogP contribution in [0.25, 0.3) is 22.3 Å². The van der Waals surface area contributed by atoms with Crippen LogP contribution in [-0.4, -0.2) is 33.5 Å². The van der Waals surface area contributed by atoms with E-state index in [-0.39, 0.29) is 30.8 Å². The van der Waals surface area contributed by atoms with E-state index in [1.54, 1.807) is 4.57 Å². The van der Waals surface area contributed by atoms with Crippen molar-refractivity contribution in [3.63, 3.8) is 0 Å². The van der Waals surface area contributed by atoms with Crippen molar-refractivity contribution in [2.24, 2.45) is 0 Å². The number of carbonyl (C=O) groups is 1. The van der Waals surface area contributed by atoms with E-state index in [0.29, 0.717) is 36.0 Å². The van der Waals surface area contributed by atoms with E-state index in [2.05, 4.69) is 19.2 Å². The highest BCUT2D eigenvalue weighted by Gasteiger charge is 2.29. The Morgan fingerprint density at radius 3 is 2.44 bits per heavy atom. The topological polar surface area (TPSA) is 112 Å². The fourth-order valence-corrected chi connectivity index (χ4v) is 4.15. The molecule has 4 heterocycles. The molecule has 0 radical (unpaired) electrons. The van der Waals surface area contributed by atoms with Gasteiger partial charge in [-0.05, 0) is 11.6 Å². The first-order valence-corrected chi connectivity index (χ1v) is 12.4. The van der Waals surface area contributed by atoms with E-state index in [9.17, 15) is 14.7 Å². The highest BCUT2D eigenvalue weighted by Crippen LogP contribution is 2.41. The number of rotatable bonds is 5. The number of pyridine rings is 2. The lowest BCUT2D eigenvalue weighted by Crippen LogP contribution is -2.25. The zero-order valence-electron chi connectivity index (χ0n) is 22.0. The maximum atomic E-state index is 13.1. The summed E-state index contributed by atoms with van der Waals surface area (Å²) in [5, 5.41) is 14.9. The first-order valence-electron chi connectivity index (χ1n) is 12.4. The number of nitrogens with zero attached hydrogens (tertiary/aromatic N) is 2. The molecule has 0 saturated heterocycles. The first kappa shape index (κ1) is 27.0. The van der Waals surface area contributed by atoms with Crippen molar-refractivity contribution < 1.29 is 24.1 Å². The Labute approximate surface area is 211 Å². The molecule has 0 atom stereocenters. The normalized spacial score (nSPS) is 12.3. The van der Waals surface area contributed by atoms with Gasteiger partial charge < -0.3 is 29.2 Å². The second kappa shape index (κ2) is 11.4. The summed E-state index contributed by atoms with van der Waals surface area (Å²) in [6.07, 6.45) is 0. The lowest BCUT2D eigenvalue weighted by atomic mass is 9.99. The second-order valence-electron chi connectivity index (χ2n) is 8.24. The standard InChI is InChI=1S/C23H23N3O6.2C2H6/c1-11(2)24-7-14-13-4-20-21(32-10-31-20)5-17(13)25-22-15(14)8-26-18(22)6-19(28)16(23(26)29)9-30-12(3)27;2*1-2/h4-6,11,24,28H,7-10H2,1-3H3;2*1-2H3. The van der Waals surface area contributed by atoms with Crippen LogP contribution in [0.1, 0.15) is 65.2 Å². The molecule has 2 aromatic heterocycles. The van der Waals surface area contributed by atoms with E-state index in [0.717, 1.165) is 22.0 Å². The number of nitrogens with one attached hydrogen (secondary N) is 1. The lowest BCUT2D eigenvalue weighted by Gasteiger charge is -2.15. The summed E-state index contributed by atoms with van der Waals surface area (Å²) in [5.74, 6) is 0.552. The molecule has 0 unspecified atom stereocenters. The number of ether oxygens (including phenoxy) is 3. The van der Waals surface area contributed by atoms with Crippen LogP contribution in [0.3, 0.4) is 0 Å². The Hall–Kier alpha value is -3.59. The van der Waals surface area contributed by atoms with Gasteiger partial charge in [0.25, 0.3) is 5.56 Å². The van der Waals surface area contributed by atoms with Gasteiger partial charge in [0.05, 0.1) is 29.0 Å². The molecule has 0 amide bonds. The predicted octanol–water partition coefficient (Wildman–Crippen LogP) is 4.47. The average Bonchev–Trinajstić information content (AvgIpc) is 3.47. The van der Waals surface area contributed by atoms with Gasteiger partial charge in [0, 0.05) is 42.6 Å². The Balaban J connectivity index is 0.000000861. The van der Waals surface area contributed by atoms with Gasteiger partial charge in [-0.3, -0.25) is 9.59 Å². The minimum Gasteiger partial charge on any atom is -0.507 e.